The van der Waals surface area contributed by atoms with Gasteiger partial charge in [-0.15, -0.1) is 0 Å². The molecular weight excluding hydrogens is 285 g/mol. The topological polar surface area (TPSA) is 173 Å². The van der Waals surface area contributed by atoms with Crippen molar-refractivity contribution >= 4 is 101 Å². The van der Waals surface area contributed by atoms with Crippen LogP contribution in [0.1, 0.15) is 6.42 Å². The molecule has 1 unspecified atom stereocenters. The van der Waals surface area contributed by atoms with Crippen molar-refractivity contribution in [1.29, 1.82) is 0 Å². The Morgan fingerprint density at radius 2 is 1.38 bits per heavy atom. The van der Waals surface area contributed by atoms with E-state index in [1.807, 2.05) is 0 Å². The summed E-state index contributed by atoms with van der Waals surface area (Å²) in [5.74, 6) is -2.85. The number of carboxylic acid groups (broad SMARTS) is 2. The Balaban J connectivity index is -0.0000000904. The predicted octanol–water partition coefficient (Wildman–Crippen LogP) is -3.32. The number of carboxylic acids is 2. The van der Waals surface area contributed by atoms with Crippen LogP contribution in [0.2, 0.25) is 0 Å². The van der Waals surface area contributed by atoms with Gasteiger partial charge in [0.25, 0.3) is 0 Å². The van der Waals surface area contributed by atoms with E-state index in [0.29, 0.717) is 0 Å². The predicted molar refractivity (Wildman–Crippen MR) is 54.5 cm³/mol. The summed E-state index contributed by atoms with van der Waals surface area (Å²) in [5.41, 5.74) is 0. The van der Waals surface area contributed by atoms with Gasteiger partial charge in [0.1, 0.15) is 0 Å². The zero-order valence-corrected chi connectivity index (χ0v) is 7.53. The van der Waals surface area contributed by atoms with Gasteiger partial charge in [-0.1, -0.05) is 0 Å². The van der Waals surface area contributed by atoms with Gasteiger partial charge in [-0.25, -0.2) is 9.36 Å². The monoisotopic (exact) mass is 296 g/mol. The Bertz CT molecular complexity index is 244. The molecule has 16 heavy (non-hydrogen) atoms. The zero-order valence-electron chi connectivity index (χ0n) is 6.64. The maximum absolute atomic E-state index is 9.72. The SMILES string of the molecule is O=C(O)CC(O)C(=O)O.O=P(O)(O)O.[KH].[NaH]. The summed E-state index contributed by atoms with van der Waals surface area (Å²) in [6.07, 6.45) is -2.54. The van der Waals surface area contributed by atoms with Crippen molar-refractivity contribution in [3.8, 4) is 0 Å². The average Bonchev–Trinajstić information content (AvgIpc) is 1.80. The van der Waals surface area contributed by atoms with Gasteiger partial charge in [0.2, 0.25) is 0 Å². The molecule has 0 radical (unpaired) electrons. The van der Waals surface area contributed by atoms with Crippen LogP contribution in [-0.4, -0.2) is 129 Å². The first kappa shape index (κ1) is 26.3. The zero-order chi connectivity index (χ0) is 11.9. The fourth-order valence-corrected chi connectivity index (χ4v) is 0.253. The van der Waals surface area contributed by atoms with Crippen LogP contribution >= 0.6 is 7.82 Å². The fraction of sp³-hybridized carbons (Fsp3) is 0.500. The molecule has 9 nitrogen and oxygen atoms in total. The molecule has 0 rings (SSSR count). The molecule has 0 saturated heterocycles. The van der Waals surface area contributed by atoms with E-state index < -0.39 is 32.3 Å². The van der Waals surface area contributed by atoms with Gasteiger partial charge in [-0.05, 0) is 0 Å². The third-order valence-electron chi connectivity index (χ3n) is 0.653. The third kappa shape index (κ3) is 36.1. The number of rotatable bonds is 3. The van der Waals surface area contributed by atoms with E-state index in [2.05, 4.69) is 0 Å². The summed E-state index contributed by atoms with van der Waals surface area (Å²) < 4.78 is 8.88. The van der Waals surface area contributed by atoms with Gasteiger partial charge in [0, 0.05) is 0 Å². The number of phosphoric acid groups is 1. The number of hydrogen-bond acceptors (Lipinski definition) is 4. The standard InChI is InChI=1S/C4H6O5.K.Na.H3O4P.2H/c5-2(4(8)9)1-3(6)7;;;1-5(2,3)4;;/h2,5H,1H2,(H,6,7)(H,8,9);;;(H3,1,2,3,4);;. The van der Waals surface area contributed by atoms with Crippen LogP contribution in [0.4, 0.5) is 0 Å². The molecular formula is C4H11KNaO9P. The van der Waals surface area contributed by atoms with Gasteiger partial charge in [-0.3, -0.25) is 4.79 Å². The molecule has 0 aromatic heterocycles. The van der Waals surface area contributed by atoms with E-state index >= 15 is 0 Å². The maximum atomic E-state index is 9.72. The van der Waals surface area contributed by atoms with Crippen LogP contribution in [0.15, 0.2) is 0 Å². The Morgan fingerprint density at radius 3 is 1.44 bits per heavy atom. The molecule has 0 aliphatic carbocycles. The summed E-state index contributed by atoms with van der Waals surface area (Å²) in [7, 11) is -4.64. The second-order valence-electron chi connectivity index (χ2n) is 1.97. The minimum absolute atomic E-state index is 0. The van der Waals surface area contributed by atoms with E-state index in [4.69, 9.17) is 34.6 Å². The van der Waals surface area contributed by atoms with Crippen LogP contribution in [-0.2, 0) is 14.2 Å². The van der Waals surface area contributed by atoms with E-state index in [9.17, 15) is 9.59 Å². The van der Waals surface area contributed by atoms with Crippen LogP contribution in [0.5, 0.6) is 0 Å². The summed E-state index contributed by atoms with van der Waals surface area (Å²) in [6, 6.07) is 0. The Morgan fingerprint density at radius 1 is 1.12 bits per heavy atom. The molecule has 0 aromatic rings. The van der Waals surface area contributed by atoms with Crippen LogP contribution < -0.4 is 0 Å². The third-order valence-corrected chi connectivity index (χ3v) is 0.653. The van der Waals surface area contributed by atoms with E-state index in [1.54, 1.807) is 0 Å². The number of hydrogen-bond donors (Lipinski definition) is 6. The van der Waals surface area contributed by atoms with Crippen molar-refractivity contribution < 1.29 is 44.2 Å². The molecule has 0 aliphatic heterocycles. The van der Waals surface area contributed by atoms with E-state index in [1.165, 1.54) is 0 Å². The molecule has 0 saturated carbocycles. The number of aliphatic hydroxyl groups is 1. The molecule has 0 aromatic carbocycles. The summed E-state index contributed by atoms with van der Waals surface area (Å²) in [4.78, 5) is 41.0. The summed E-state index contributed by atoms with van der Waals surface area (Å²) >= 11 is 0. The Hall–Kier alpha value is 1.65. The fourth-order valence-electron chi connectivity index (χ4n) is 0.253. The Kier molecular flexibility index (Phi) is 21.5. The second-order valence-corrected chi connectivity index (χ2v) is 2.99. The molecule has 0 fully saturated rings. The average molecular weight is 296 g/mol. The molecule has 12 heteroatoms. The van der Waals surface area contributed by atoms with Crippen molar-refractivity contribution in [2.24, 2.45) is 0 Å². The molecule has 0 aliphatic rings. The molecule has 1 atom stereocenters. The number of aliphatic hydroxyl groups excluding tert-OH is 1. The van der Waals surface area contributed by atoms with Crippen molar-refractivity contribution in [3.05, 3.63) is 0 Å². The first-order valence-corrected chi connectivity index (χ1v) is 4.51. The van der Waals surface area contributed by atoms with Gasteiger partial charge >= 0.3 is 101 Å². The molecule has 0 amide bonds. The van der Waals surface area contributed by atoms with Crippen molar-refractivity contribution in [2.45, 2.75) is 12.5 Å². The normalized spacial score (nSPS) is 10.8. The first-order valence-electron chi connectivity index (χ1n) is 2.95. The van der Waals surface area contributed by atoms with Crippen LogP contribution in [0.25, 0.3) is 0 Å². The molecule has 0 spiro atoms. The molecule has 0 bridgehead atoms. The van der Waals surface area contributed by atoms with Gasteiger partial charge in [0.05, 0.1) is 6.42 Å². The van der Waals surface area contributed by atoms with Gasteiger partial charge < -0.3 is 30.0 Å². The van der Waals surface area contributed by atoms with Crippen molar-refractivity contribution in [3.63, 3.8) is 0 Å². The number of carbonyl (C=O) groups is 2. The minimum atomic E-state index is -4.64. The van der Waals surface area contributed by atoms with Crippen molar-refractivity contribution in [1.82, 2.24) is 0 Å². The molecule has 88 valence electrons. The van der Waals surface area contributed by atoms with Crippen LogP contribution in [0.3, 0.4) is 0 Å². The number of aliphatic carboxylic acids is 2. The quantitative estimate of drug-likeness (QED) is 0.230. The molecule has 6 N–H and O–H groups in total. The van der Waals surface area contributed by atoms with Crippen LogP contribution in [0, 0.1) is 0 Å². The van der Waals surface area contributed by atoms with E-state index in [0.717, 1.165) is 0 Å². The Labute approximate surface area is 155 Å². The van der Waals surface area contributed by atoms with Gasteiger partial charge in [-0.2, -0.15) is 0 Å². The van der Waals surface area contributed by atoms with Gasteiger partial charge in [0.15, 0.2) is 6.10 Å². The first-order chi connectivity index (χ1) is 6.04. The van der Waals surface area contributed by atoms with Crippen molar-refractivity contribution in [2.75, 3.05) is 0 Å². The molecule has 0 heterocycles. The second kappa shape index (κ2) is 13.1. The summed E-state index contributed by atoms with van der Waals surface area (Å²) in [5, 5.41) is 24.1. The summed E-state index contributed by atoms with van der Waals surface area (Å²) in [6.45, 7) is 0. The van der Waals surface area contributed by atoms with E-state index in [-0.39, 0.29) is 80.9 Å².